The number of nitrogens with two attached hydrogens (primary N) is 1. The molecule has 0 saturated carbocycles. The zero-order chi connectivity index (χ0) is 13.8. The SMILES string of the molecule is COc1cc(C(C)C)ccc1-c1n[nH]c(CCN)n1. The van der Waals surface area contributed by atoms with Crippen molar-refractivity contribution >= 4 is 0 Å². The molecule has 19 heavy (non-hydrogen) atoms. The van der Waals surface area contributed by atoms with Crippen molar-refractivity contribution in [3.8, 4) is 17.1 Å². The molecule has 1 heterocycles. The lowest BCUT2D eigenvalue weighted by Gasteiger charge is -2.10. The van der Waals surface area contributed by atoms with Gasteiger partial charge >= 0.3 is 0 Å². The summed E-state index contributed by atoms with van der Waals surface area (Å²) in [6.45, 7) is 4.86. The van der Waals surface area contributed by atoms with Crippen molar-refractivity contribution in [2.75, 3.05) is 13.7 Å². The van der Waals surface area contributed by atoms with Crippen LogP contribution in [0.1, 0.15) is 31.2 Å². The third kappa shape index (κ3) is 2.93. The molecule has 0 radical (unpaired) electrons. The van der Waals surface area contributed by atoms with Crippen LogP contribution in [0, 0.1) is 0 Å². The van der Waals surface area contributed by atoms with Crippen molar-refractivity contribution in [2.45, 2.75) is 26.2 Å². The predicted octanol–water partition coefficient (Wildman–Crippen LogP) is 2.10. The van der Waals surface area contributed by atoms with Gasteiger partial charge in [0.05, 0.1) is 12.7 Å². The molecule has 0 bridgehead atoms. The number of methoxy groups -OCH3 is 1. The Hall–Kier alpha value is -1.88. The van der Waals surface area contributed by atoms with Gasteiger partial charge in [0.25, 0.3) is 0 Å². The third-order valence-corrected chi connectivity index (χ3v) is 3.05. The average Bonchev–Trinajstić information content (AvgIpc) is 2.86. The summed E-state index contributed by atoms with van der Waals surface area (Å²) in [6.07, 6.45) is 0.694. The summed E-state index contributed by atoms with van der Waals surface area (Å²) < 4.78 is 5.44. The highest BCUT2D eigenvalue weighted by Crippen LogP contribution is 2.30. The first-order valence-electron chi connectivity index (χ1n) is 6.45. The van der Waals surface area contributed by atoms with Crippen LogP contribution in [-0.4, -0.2) is 28.8 Å². The van der Waals surface area contributed by atoms with Crippen LogP contribution >= 0.6 is 0 Å². The molecule has 0 fully saturated rings. The first kappa shape index (κ1) is 13.5. The van der Waals surface area contributed by atoms with Crippen LogP contribution in [0.2, 0.25) is 0 Å². The van der Waals surface area contributed by atoms with E-state index in [9.17, 15) is 0 Å². The van der Waals surface area contributed by atoms with Crippen LogP contribution in [-0.2, 0) is 6.42 Å². The van der Waals surface area contributed by atoms with Crippen molar-refractivity contribution in [3.05, 3.63) is 29.6 Å². The predicted molar refractivity (Wildman–Crippen MR) is 75.2 cm³/mol. The van der Waals surface area contributed by atoms with E-state index in [4.69, 9.17) is 10.5 Å². The molecule has 0 spiro atoms. The Kier molecular flexibility index (Phi) is 4.16. The smallest absolute Gasteiger partial charge is 0.184 e. The maximum atomic E-state index is 5.51. The van der Waals surface area contributed by atoms with Crippen molar-refractivity contribution in [1.82, 2.24) is 15.2 Å². The fourth-order valence-electron chi connectivity index (χ4n) is 1.92. The van der Waals surface area contributed by atoms with Crippen LogP contribution in [0.5, 0.6) is 5.75 Å². The molecular formula is C14H20N4O. The Morgan fingerprint density at radius 1 is 1.37 bits per heavy atom. The Morgan fingerprint density at radius 3 is 2.79 bits per heavy atom. The van der Waals surface area contributed by atoms with Crippen LogP contribution in [0.3, 0.4) is 0 Å². The largest absolute Gasteiger partial charge is 0.496 e. The number of aromatic amines is 1. The molecule has 0 unspecified atom stereocenters. The molecule has 2 rings (SSSR count). The summed E-state index contributed by atoms with van der Waals surface area (Å²) in [7, 11) is 1.66. The fourth-order valence-corrected chi connectivity index (χ4v) is 1.92. The average molecular weight is 260 g/mol. The van der Waals surface area contributed by atoms with Crippen LogP contribution in [0.15, 0.2) is 18.2 Å². The van der Waals surface area contributed by atoms with Gasteiger partial charge in [-0.05, 0) is 30.2 Å². The lowest BCUT2D eigenvalue weighted by Crippen LogP contribution is -2.03. The third-order valence-electron chi connectivity index (χ3n) is 3.05. The molecule has 1 aromatic heterocycles. The number of hydrogen-bond acceptors (Lipinski definition) is 4. The van der Waals surface area contributed by atoms with E-state index in [1.807, 2.05) is 12.1 Å². The van der Waals surface area contributed by atoms with Crippen LogP contribution < -0.4 is 10.5 Å². The standard InChI is InChI=1S/C14H20N4O/c1-9(2)10-4-5-11(12(8-10)19-3)14-16-13(6-7-15)17-18-14/h4-5,8-9H,6-7,15H2,1-3H3,(H,16,17,18). The first-order chi connectivity index (χ1) is 9.15. The molecule has 0 aliphatic heterocycles. The van der Waals surface area contributed by atoms with E-state index in [1.54, 1.807) is 7.11 Å². The topological polar surface area (TPSA) is 76.8 Å². The summed E-state index contributed by atoms with van der Waals surface area (Å²) in [6, 6.07) is 6.13. The number of H-pyrrole nitrogens is 1. The molecule has 5 heteroatoms. The Balaban J connectivity index is 2.37. The van der Waals surface area contributed by atoms with Gasteiger partial charge in [0.2, 0.25) is 0 Å². The molecule has 0 saturated heterocycles. The molecule has 0 amide bonds. The Morgan fingerprint density at radius 2 is 2.16 bits per heavy atom. The number of aromatic nitrogens is 3. The zero-order valence-electron chi connectivity index (χ0n) is 11.6. The number of benzene rings is 1. The lowest BCUT2D eigenvalue weighted by molar-refractivity contribution is 0.415. The minimum absolute atomic E-state index is 0.461. The van der Waals surface area contributed by atoms with E-state index in [0.29, 0.717) is 24.7 Å². The van der Waals surface area contributed by atoms with Crippen molar-refractivity contribution in [3.63, 3.8) is 0 Å². The molecule has 102 valence electrons. The highest BCUT2D eigenvalue weighted by Gasteiger charge is 2.13. The summed E-state index contributed by atoms with van der Waals surface area (Å²) in [5.41, 5.74) is 7.63. The Labute approximate surface area is 113 Å². The van der Waals surface area contributed by atoms with E-state index in [2.05, 4.69) is 35.1 Å². The highest BCUT2D eigenvalue weighted by molar-refractivity contribution is 5.64. The number of nitrogens with zero attached hydrogens (tertiary/aromatic N) is 2. The molecule has 1 aromatic carbocycles. The first-order valence-corrected chi connectivity index (χ1v) is 6.45. The molecule has 0 atom stereocenters. The quantitative estimate of drug-likeness (QED) is 0.863. The van der Waals surface area contributed by atoms with Crippen LogP contribution in [0.4, 0.5) is 0 Å². The minimum Gasteiger partial charge on any atom is -0.496 e. The van der Waals surface area contributed by atoms with Gasteiger partial charge in [-0.2, -0.15) is 5.10 Å². The normalized spacial score (nSPS) is 11.0. The second-order valence-corrected chi connectivity index (χ2v) is 4.76. The van der Waals surface area contributed by atoms with E-state index in [0.717, 1.165) is 17.1 Å². The molecule has 3 N–H and O–H groups in total. The number of rotatable bonds is 5. The van der Waals surface area contributed by atoms with Gasteiger partial charge in [-0.1, -0.05) is 19.9 Å². The van der Waals surface area contributed by atoms with Crippen molar-refractivity contribution in [2.24, 2.45) is 5.73 Å². The van der Waals surface area contributed by atoms with Gasteiger partial charge in [0.15, 0.2) is 5.82 Å². The van der Waals surface area contributed by atoms with E-state index >= 15 is 0 Å². The second kappa shape index (κ2) is 5.84. The summed E-state index contributed by atoms with van der Waals surface area (Å²) in [5.74, 6) is 2.70. The fraction of sp³-hybridized carbons (Fsp3) is 0.429. The molecule has 0 aliphatic carbocycles. The van der Waals surface area contributed by atoms with E-state index in [-0.39, 0.29) is 0 Å². The summed E-state index contributed by atoms with van der Waals surface area (Å²) >= 11 is 0. The van der Waals surface area contributed by atoms with Crippen molar-refractivity contribution in [1.29, 1.82) is 0 Å². The molecule has 0 aliphatic rings. The monoisotopic (exact) mass is 260 g/mol. The van der Waals surface area contributed by atoms with Gasteiger partial charge in [-0.25, -0.2) is 4.98 Å². The van der Waals surface area contributed by atoms with Gasteiger partial charge in [-0.3, -0.25) is 5.10 Å². The highest BCUT2D eigenvalue weighted by atomic mass is 16.5. The second-order valence-electron chi connectivity index (χ2n) is 4.76. The molecular weight excluding hydrogens is 240 g/mol. The van der Waals surface area contributed by atoms with Gasteiger partial charge in [0.1, 0.15) is 11.6 Å². The van der Waals surface area contributed by atoms with Crippen molar-refractivity contribution < 1.29 is 4.74 Å². The van der Waals surface area contributed by atoms with E-state index < -0.39 is 0 Å². The van der Waals surface area contributed by atoms with Gasteiger partial charge in [0, 0.05) is 6.42 Å². The van der Waals surface area contributed by atoms with Gasteiger partial charge in [-0.15, -0.1) is 0 Å². The number of ether oxygens (including phenoxy) is 1. The summed E-state index contributed by atoms with van der Waals surface area (Å²) in [4.78, 5) is 4.43. The zero-order valence-corrected chi connectivity index (χ0v) is 11.6. The molecule has 2 aromatic rings. The van der Waals surface area contributed by atoms with E-state index in [1.165, 1.54) is 5.56 Å². The van der Waals surface area contributed by atoms with Crippen LogP contribution in [0.25, 0.3) is 11.4 Å². The lowest BCUT2D eigenvalue weighted by atomic mass is 10.0. The number of nitrogens with one attached hydrogen (secondary N) is 1. The summed E-state index contributed by atoms with van der Waals surface area (Å²) in [5, 5.41) is 7.11. The minimum atomic E-state index is 0.461. The maximum Gasteiger partial charge on any atom is 0.184 e. The van der Waals surface area contributed by atoms with Gasteiger partial charge < -0.3 is 10.5 Å². The number of hydrogen-bond donors (Lipinski definition) is 2. The Bertz CT molecular complexity index is 548. The maximum absolute atomic E-state index is 5.51. The molecule has 5 nitrogen and oxygen atoms in total.